The first-order valence-electron chi connectivity index (χ1n) is 28.8. The maximum atomic E-state index is 14.2. The van der Waals surface area contributed by atoms with Crippen LogP contribution in [0.4, 0.5) is 0 Å². The number of nitrogens with one attached hydrogen (secondary N) is 2. The first kappa shape index (κ1) is 70.3. The summed E-state index contributed by atoms with van der Waals surface area (Å²) in [6, 6.07) is 0.327. The third kappa shape index (κ3) is 21.5. The van der Waals surface area contributed by atoms with Gasteiger partial charge in [-0.05, 0) is 40.0 Å². The molecule has 4 aliphatic rings. The number of cyclic esters (lactones) is 1. The van der Waals surface area contributed by atoms with Crippen molar-refractivity contribution in [3.05, 3.63) is 103 Å². The van der Waals surface area contributed by atoms with Crippen LogP contribution in [0.25, 0.3) is 0 Å². The van der Waals surface area contributed by atoms with E-state index in [-0.39, 0.29) is 44.6 Å². The number of allylic oxidation sites excluding steroid dienone is 12. The van der Waals surface area contributed by atoms with E-state index < -0.39 is 184 Å². The second-order valence-electron chi connectivity index (χ2n) is 22.7. The fourth-order valence-electron chi connectivity index (χ4n) is 10.5. The fourth-order valence-corrected chi connectivity index (χ4v) is 10.5. The number of aryl methyl sites for hydroxylation is 1. The molecule has 5 heterocycles. The number of aromatic nitrogens is 1. The zero-order chi connectivity index (χ0) is 61.9. The predicted molar refractivity (Wildman–Crippen MR) is 300 cm³/mol. The molecule has 474 valence electrons. The zero-order valence-corrected chi connectivity index (χ0v) is 48.2. The minimum atomic E-state index is -2.48. The lowest BCUT2D eigenvalue weighted by molar-refractivity contribution is -0.323. The van der Waals surface area contributed by atoms with E-state index in [1.807, 2.05) is 13.0 Å². The summed E-state index contributed by atoms with van der Waals surface area (Å²) >= 11 is 0. The van der Waals surface area contributed by atoms with Gasteiger partial charge < -0.3 is 110 Å². The molecule has 1 amide bonds. The van der Waals surface area contributed by atoms with Crippen LogP contribution >= 0.6 is 0 Å². The average Bonchev–Trinajstić information content (AvgIpc) is 3.88. The lowest BCUT2D eigenvalue weighted by Gasteiger charge is -2.47. The zero-order valence-electron chi connectivity index (χ0n) is 48.2. The smallest absolute Gasteiger partial charge is 0.308 e. The Balaban J connectivity index is 1.43. The van der Waals surface area contributed by atoms with Crippen molar-refractivity contribution in [3.63, 3.8) is 0 Å². The number of rotatable bonds is 9. The van der Waals surface area contributed by atoms with Crippen LogP contribution < -0.4 is 10.6 Å². The van der Waals surface area contributed by atoms with Gasteiger partial charge >= 0.3 is 5.97 Å². The van der Waals surface area contributed by atoms with Gasteiger partial charge in [0.1, 0.15) is 36.3 Å². The Bertz CT molecular complexity index is 2380. The third-order valence-electron chi connectivity index (χ3n) is 15.6. The first-order valence-corrected chi connectivity index (χ1v) is 28.8. The summed E-state index contributed by atoms with van der Waals surface area (Å²) < 4.78 is 34.6. The minimum absolute atomic E-state index is 0.0342. The number of carbonyl (C=O) groups excluding carboxylic acids is 2. The van der Waals surface area contributed by atoms with Crippen molar-refractivity contribution >= 4 is 11.9 Å². The summed E-state index contributed by atoms with van der Waals surface area (Å²) in [5, 5.41) is 164. The molecular formula is C59H91N3O22. The lowest BCUT2D eigenvalue weighted by atomic mass is 9.82. The topological polar surface area (TPSA) is 414 Å². The van der Waals surface area contributed by atoms with Crippen LogP contribution in [-0.2, 0) is 39.7 Å². The summed E-state index contributed by atoms with van der Waals surface area (Å²) in [4.78, 5) is 26.9. The van der Waals surface area contributed by atoms with E-state index >= 15 is 0 Å². The van der Waals surface area contributed by atoms with Crippen LogP contribution in [0.3, 0.4) is 0 Å². The van der Waals surface area contributed by atoms with Gasteiger partial charge in [-0.2, -0.15) is 0 Å². The maximum absolute atomic E-state index is 14.2. The third-order valence-corrected chi connectivity index (χ3v) is 15.6. The van der Waals surface area contributed by atoms with E-state index in [4.69, 9.17) is 28.2 Å². The molecular weight excluding hydrogens is 1100 g/mol. The van der Waals surface area contributed by atoms with E-state index in [1.54, 1.807) is 99.7 Å². The Labute approximate surface area is 489 Å². The van der Waals surface area contributed by atoms with Gasteiger partial charge in [-0.1, -0.05) is 104 Å². The number of carbonyl (C=O) groups is 2. The molecule has 0 radical (unpaired) electrons. The quantitative estimate of drug-likeness (QED) is 0.128. The largest absolute Gasteiger partial charge is 0.462 e. The van der Waals surface area contributed by atoms with Crippen LogP contribution in [0.15, 0.2) is 95.7 Å². The normalized spacial score (nSPS) is 43.4. The Hall–Kier alpha value is -4.43. The number of amides is 1. The standard InChI is InChI=1S/C59H91N3O22/c1-33-18-16-14-12-10-8-6-7-9-11-13-15-17-19-42(82-57-54(74)50(52(72)37(5)81-57)61-32-59(78)55(75)53(73)46(69)31-79-59)28-47-49(56(76)60-23-22-38-24-34(2)84-62-38)45(68)30-58(77,83-47)29-41(65)26-44(67)43(66)21-20-39(63)25-40(64)27-48(70)80-36(4)35(3)51(33)71/h6-19,24,33,35-37,39-47,49-55,57,61,63-69,71-75,77-78H,20-23,25-32H2,1-5H3,(H,60,76)/b7-6+,10-8+,11-9+,14-12+,15-13+,18-16+,19-17+/t33-,35?,36-,37+,39+,40+,41-,42-,43+,44+,45-,46+,47?,49?,50-,51+,52+,53-,54-,55-,57-,58+,59+/m0/s1. The molecule has 0 spiro atoms. The Morgan fingerprint density at radius 1 is 0.690 bits per heavy atom. The number of ether oxygens (including phenoxy) is 5. The van der Waals surface area contributed by atoms with E-state index in [9.17, 15) is 81.1 Å². The summed E-state index contributed by atoms with van der Waals surface area (Å²) in [6.45, 7) is 7.18. The number of hydrogen-bond donors (Lipinski definition) is 16. The van der Waals surface area contributed by atoms with Crippen molar-refractivity contribution in [2.75, 3.05) is 19.7 Å². The second kappa shape index (κ2) is 33.6. The molecule has 84 heavy (non-hydrogen) atoms. The van der Waals surface area contributed by atoms with E-state index in [0.717, 1.165) is 0 Å². The van der Waals surface area contributed by atoms with Crippen molar-refractivity contribution in [1.29, 1.82) is 0 Å². The lowest BCUT2D eigenvalue weighted by Crippen LogP contribution is -2.69. The molecule has 0 saturated carbocycles. The summed E-state index contributed by atoms with van der Waals surface area (Å²) in [6.07, 6.45) is -3.30. The Morgan fingerprint density at radius 3 is 1.95 bits per heavy atom. The summed E-state index contributed by atoms with van der Waals surface area (Å²) in [7, 11) is 0. The van der Waals surface area contributed by atoms with Crippen LogP contribution in [0, 0.1) is 24.7 Å². The number of nitrogens with zero attached hydrogens (tertiary/aromatic N) is 1. The van der Waals surface area contributed by atoms with E-state index in [1.165, 1.54) is 13.0 Å². The molecule has 5 rings (SSSR count). The Kier molecular flexibility index (Phi) is 28.2. The molecule has 1 aromatic rings. The van der Waals surface area contributed by atoms with Crippen molar-refractivity contribution in [1.82, 2.24) is 15.8 Å². The van der Waals surface area contributed by atoms with Crippen LogP contribution in [0.5, 0.6) is 0 Å². The second-order valence-corrected chi connectivity index (χ2v) is 22.7. The van der Waals surface area contributed by atoms with E-state index in [0.29, 0.717) is 11.5 Å². The monoisotopic (exact) mass is 1190 g/mol. The number of aliphatic hydroxyl groups excluding tert-OH is 12. The van der Waals surface area contributed by atoms with Crippen LogP contribution in [0.1, 0.15) is 90.5 Å². The highest BCUT2D eigenvalue weighted by molar-refractivity contribution is 5.80. The number of esters is 1. The van der Waals surface area contributed by atoms with Crippen molar-refractivity contribution in [2.24, 2.45) is 17.8 Å². The van der Waals surface area contributed by atoms with Crippen molar-refractivity contribution in [2.45, 2.75) is 214 Å². The van der Waals surface area contributed by atoms with Crippen LogP contribution in [0.2, 0.25) is 0 Å². The molecule has 23 atom stereocenters. The van der Waals surface area contributed by atoms with Gasteiger partial charge in [-0.15, -0.1) is 0 Å². The number of aliphatic hydroxyl groups is 14. The average molecular weight is 1190 g/mol. The predicted octanol–water partition coefficient (Wildman–Crippen LogP) is -1.29. The highest BCUT2D eigenvalue weighted by atomic mass is 16.7. The molecule has 2 bridgehead atoms. The summed E-state index contributed by atoms with van der Waals surface area (Å²) in [5.74, 6) is -7.99. The Morgan fingerprint density at radius 2 is 1.32 bits per heavy atom. The van der Waals surface area contributed by atoms with Gasteiger partial charge in [-0.3, -0.25) is 9.59 Å². The molecule has 0 aromatic carbocycles. The van der Waals surface area contributed by atoms with Gasteiger partial charge in [-0.25, -0.2) is 0 Å². The fraction of sp³-hybridized carbons (Fsp3) is 0.678. The highest BCUT2D eigenvalue weighted by Gasteiger charge is 2.53. The van der Waals surface area contributed by atoms with Crippen LogP contribution in [-0.4, -0.2) is 230 Å². The molecule has 0 aliphatic carbocycles. The van der Waals surface area contributed by atoms with Gasteiger partial charge in [0, 0.05) is 56.6 Å². The maximum Gasteiger partial charge on any atom is 0.308 e. The molecule has 16 N–H and O–H groups in total. The molecule has 4 aliphatic heterocycles. The minimum Gasteiger partial charge on any atom is -0.462 e. The van der Waals surface area contributed by atoms with Gasteiger partial charge in [0.25, 0.3) is 0 Å². The first-order chi connectivity index (χ1) is 39.7. The van der Waals surface area contributed by atoms with Gasteiger partial charge in [0.05, 0.1) is 104 Å². The molecule has 3 saturated heterocycles. The molecule has 3 unspecified atom stereocenters. The van der Waals surface area contributed by atoms with Gasteiger partial charge in [0.2, 0.25) is 11.7 Å². The molecule has 1 aromatic heterocycles. The molecule has 3 fully saturated rings. The van der Waals surface area contributed by atoms with Crippen molar-refractivity contribution in [3.8, 4) is 0 Å². The molecule has 25 nitrogen and oxygen atoms in total. The number of hydrogen-bond acceptors (Lipinski definition) is 24. The van der Waals surface area contributed by atoms with Crippen molar-refractivity contribution < 1.29 is 109 Å². The highest BCUT2D eigenvalue weighted by Crippen LogP contribution is 2.39. The van der Waals surface area contributed by atoms with Gasteiger partial charge in [0.15, 0.2) is 12.1 Å². The number of fused-ring (bicyclic) bond motifs is 2. The SMILES string of the molecule is Cc1cc(CCNC(=O)C2C3C[C@@H](O[C@@H]4O[C@H](C)[C@@H](O)[C@H](NC[C@@]5(O)OC[C@@H](O)[C@H](O)[C@@H]5O)[C@@H]4O)/C=C/C=C/C=C/C=C/C=C/C=C/C=C/[C@H](C)[C@@H](O)C(C)[C@H](C)OC(=O)C[C@H](O)C[C@H](O)CC[C@@H](O)[C@H](O)C[C@H](O)C[C@](O)(C[C@@H]2O)O3)no1. The summed E-state index contributed by atoms with van der Waals surface area (Å²) in [5.41, 5.74) is 0.537. The molecule has 25 heteroatoms. The van der Waals surface area contributed by atoms with E-state index in [2.05, 4.69) is 15.8 Å².